The Bertz CT molecular complexity index is 266. The molecule has 1 amide bonds. The first-order chi connectivity index (χ1) is 7.49. The number of aliphatic hydroxyl groups excluding tert-OH is 1. The zero-order chi connectivity index (χ0) is 12.1. The molecule has 16 heavy (non-hydrogen) atoms. The summed E-state index contributed by atoms with van der Waals surface area (Å²) in [6.07, 6.45) is 1.09. The van der Waals surface area contributed by atoms with Crippen molar-refractivity contribution in [3.05, 3.63) is 12.2 Å². The van der Waals surface area contributed by atoms with Gasteiger partial charge in [-0.15, -0.1) is 0 Å². The van der Waals surface area contributed by atoms with Crippen molar-refractivity contribution in [2.75, 3.05) is 33.2 Å². The number of rotatable bonds is 6. The fraction of sp³-hybridized carbons (Fsp3) is 0.750. The molecule has 1 saturated heterocycles. The van der Waals surface area contributed by atoms with Crippen molar-refractivity contribution < 1.29 is 9.90 Å². The number of hydrogen-bond donors (Lipinski definition) is 1. The molecule has 0 saturated carbocycles. The lowest BCUT2D eigenvalue weighted by Gasteiger charge is -2.24. The second-order valence-electron chi connectivity index (χ2n) is 4.75. The van der Waals surface area contributed by atoms with E-state index < -0.39 is 6.10 Å². The molecule has 1 aliphatic rings. The minimum absolute atomic E-state index is 0.168. The Labute approximate surface area is 97.5 Å². The van der Waals surface area contributed by atoms with Gasteiger partial charge < -0.3 is 10.0 Å². The third-order valence-electron chi connectivity index (χ3n) is 2.66. The normalized spacial score (nSPS) is 18.2. The molecule has 0 aliphatic carbocycles. The van der Waals surface area contributed by atoms with E-state index in [1.54, 1.807) is 4.90 Å². The number of likely N-dealkylation sites (tertiary alicyclic amines) is 1. The number of amides is 1. The van der Waals surface area contributed by atoms with Gasteiger partial charge >= 0.3 is 0 Å². The highest BCUT2D eigenvalue weighted by atomic mass is 16.3. The van der Waals surface area contributed by atoms with Crippen LogP contribution in [0, 0.1) is 0 Å². The first-order valence-electron chi connectivity index (χ1n) is 5.78. The highest BCUT2D eigenvalue weighted by Crippen LogP contribution is 2.10. The number of carbonyl (C=O) groups excluding carboxylic acids is 1. The SMILES string of the molecule is C=C(C)CN(C)CC(O)CN1CCCC1=O. The topological polar surface area (TPSA) is 43.8 Å². The first-order valence-corrected chi connectivity index (χ1v) is 5.78. The fourth-order valence-electron chi connectivity index (χ4n) is 2.09. The average Bonchev–Trinajstić information content (AvgIpc) is 2.49. The Kier molecular flexibility index (Phi) is 4.96. The van der Waals surface area contributed by atoms with Gasteiger partial charge in [-0.25, -0.2) is 0 Å². The molecule has 1 heterocycles. The van der Waals surface area contributed by atoms with Crippen LogP contribution in [0.5, 0.6) is 0 Å². The minimum atomic E-state index is -0.466. The van der Waals surface area contributed by atoms with Crippen molar-refractivity contribution in [3.8, 4) is 0 Å². The summed E-state index contributed by atoms with van der Waals surface area (Å²) in [5, 5.41) is 9.85. The van der Waals surface area contributed by atoms with Gasteiger partial charge in [0.15, 0.2) is 0 Å². The van der Waals surface area contributed by atoms with Gasteiger partial charge in [0.2, 0.25) is 5.91 Å². The molecule has 1 rings (SSSR count). The predicted molar refractivity (Wildman–Crippen MR) is 64.1 cm³/mol. The number of hydrogen-bond acceptors (Lipinski definition) is 3. The molecule has 0 radical (unpaired) electrons. The molecule has 1 fully saturated rings. The Morgan fingerprint density at radius 2 is 2.38 bits per heavy atom. The summed E-state index contributed by atoms with van der Waals surface area (Å²) in [6, 6.07) is 0. The Balaban J connectivity index is 2.26. The van der Waals surface area contributed by atoms with Crippen LogP contribution in [0.15, 0.2) is 12.2 Å². The molecule has 0 aromatic heterocycles. The molecular weight excluding hydrogens is 204 g/mol. The third-order valence-corrected chi connectivity index (χ3v) is 2.66. The molecule has 0 aromatic rings. The van der Waals surface area contributed by atoms with Crippen LogP contribution in [-0.4, -0.2) is 60.1 Å². The van der Waals surface area contributed by atoms with Gasteiger partial charge in [0.05, 0.1) is 6.10 Å². The van der Waals surface area contributed by atoms with Gasteiger partial charge in [-0.3, -0.25) is 9.69 Å². The second kappa shape index (κ2) is 6.01. The van der Waals surface area contributed by atoms with Crippen LogP contribution >= 0.6 is 0 Å². The molecule has 4 nitrogen and oxygen atoms in total. The number of aliphatic hydroxyl groups is 1. The van der Waals surface area contributed by atoms with Crippen LogP contribution in [0.25, 0.3) is 0 Å². The van der Waals surface area contributed by atoms with Gasteiger partial charge in [0.1, 0.15) is 0 Å². The number of β-amino-alcohol motifs (C(OH)–C–C–N with tert-alkyl or cyclic N) is 1. The van der Waals surface area contributed by atoms with Crippen molar-refractivity contribution in [3.63, 3.8) is 0 Å². The molecule has 0 bridgehead atoms. The standard InChI is InChI=1S/C12H22N2O2/c1-10(2)7-13(3)8-11(15)9-14-6-4-5-12(14)16/h11,15H,1,4-9H2,2-3H3. The summed E-state index contributed by atoms with van der Waals surface area (Å²) in [6.45, 7) is 8.41. The first kappa shape index (κ1) is 13.2. The molecule has 4 heteroatoms. The summed E-state index contributed by atoms with van der Waals surface area (Å²) >= 11 is 0. The molecule has 92 valence electrons. The summed E-state index contributed by atoms with van der Waals surface area (Å²) in [4.78, 5) is 15.1. The van der Waals surface area contributed by atoms with Gasteiger partial charge in [0, 0.05) is 32.6 Å². The monoisotopic (exact) mass is 226 g/mol. The Hall–Kier alpha value is -0.870. The van der Waals surface area contributed by atoms with Gasteiger partial charge in [0.25, 0.3) is 0 Å². The zero-order valence-corrected chi connectivity index (χ0v) is 10.3. The maximum absolute atomic E-state index is 11.4. The van der Waals surface area contributed by atoms with E-state index in [9.17, 15) is 9.90 Å². The number of likely N-dealkylation sites (N-methyl/N-ethyl adjacent to an activating group) is 1. The lowest BCUT2D eigenvalue weighted by molar-refractivity contribution is -0.129. The van der Waals surface area contributed by atoms with E-state index in [2.05, 4.69) is 6.58 Å². The van der Waals surface area contributed by atoms with Crippen LogP contribution in [0.1, 0.15) is 19.8 Å². The maximum Gasteiger partial charge on any atom is 0.222 e. The minimum Gasteiger partial charge on any atom is -0.390 e. The van der Waals surface area contributed by atoms with Crippen LogP contribution in [0.4, 0.5) is 0 Å². The van der Waals surface area contributed by atoms with Crippen molar-refractivity contribution in [2.45, 2.75) is 25.9 Å². The lowest BCUT2D eigenvalue weighted by Crippen LogP contribution is -2.39. The van der Waals surface area contributed by atoms with Crippen LogP contribution < -0.4 is 0 Å². The van der Waals surface area contributed by atoms with E-state index in [4.69, 9.17) is 0 Å². The fourth-order valence-corrected chi connectivity index (χ4v) is 2.09. The van der Waals surface area contributed by atoms with Crippen molar-refractivity contribution in [2.24, 2.45) is 0 Å². The van der Waals surface area contributed by atoms with Gasteiger partial charge in [-0.2, -0.15) is 0 Å². The molecule has 0 spiro atoms. The third kappa shape index (κ3) is 4.33. The molecule has 1 aliphatic heterocycles. The van der Waals surface area contributed by atoms with Crippen molar-refractivity contribution in [1.29, 1.82) is 0 Å². The zero-order valence-electron chi connectivity index (χ0n) is 10.3. The van der Waals surface area contributed by atoms with Crippen molar-refractivity contribution in [1.82, 2.24) is 9.80 Å². The largest absolute Gasteiger partial charge is 0.390 e. The summed E-state index contributed by atoms with van der Waals surface area (Å²) < 4.78 is 0. The lowest BCUT2D eigenvalue weighted by atomic mass is 10.2. The van der Waals surface area contributed by atoms with E-state index in [1.165, 1.54) is 0 Å². The number of nitrogens with zero attached hydrogens (tertiary/aromatic N) is 2. The van der Waals surface area contributed by atoms with E-state index in [0.29, 0.717) is 19.5 Å². The summed E-state index contributed by atoms with van der Waals surface area (Å²) in [5.41, 5.74) is 1.08. The van der Waals surface area contributed by atoms with Crippen molar-refractivity contribution >= 4 is 5.91 Å². The Morgan fingerprint density at radius 1 is 1.69 bits per heavy atom. The van der Waals surface area contributed by atoms with E-state index >= 15 is 0 Å². The molecule has 1 unspecified atom stereocenters. The van der Waals surface area contributed by atoms with Crippen LogP contribution in [0.2, 0.25) is 0 Å². The smallest absolute Gasteiger partial charge is 0.222 e. The van der Waals surface area contributed by atoms with Crippen LogP contribution in [-0.2, 0) is 4.79 Å². The molecule has 1 N–H and O–H groups in total. The van der Waals surface area contributed by atoms with E-state index in [0.717, 1.165) is 25.1 Å². The highest BCUT2D eigenvalue weighted by molar-refractivity contribution is 5.78. The summed E-state index contributed by atoms with van der Waals surface area (Å²) in [5.74, 6) is 0.168. The molecule has 0 aromatic carbocycles. The molecular formula is C12H22N2O2. The maximum atomic E-state index is 11.4. The Morgan fingerprint density at radius 3 is 2.88 bits per heavy atom. The van der Waals surface area contributed by atoms with Gasteiger partial charge in [-0.05, 0) is 20.4 Å². The van der Waals surface area contributed by atoms with E-state index in [1.807, 2.05) is 18.9 Å². The second-order valence-corrected chi connectivity index (χ2v) is 4.75. The summed E-state index contributed by atoms with van der Waals surface area (Å²) in [7, 11) is 1.95. The van der Waals surface area contributed by atoms with E-state index in [-0.39, 0.29) is 5.91 Å². The predicted octanol–water partition coefficient (Wildman–Crippen LogP) is 0.478. The molecule has 1 atom stereocenters. The quantitative estimate of drug-likeness (QED) is 0.670. The van der Waals surface area contributed by atoms with Crippen LogP contribution in [0.3, 0.4) is 0 Å². The van der Waals surface area contributed by atoms with Gasteiger partial charge in [-0.1, -0.05) is 12.2 Å². The number of carbonyl (C=O) groups is 1. The highest BCUT2D eigenvalue weighted by Gasteiger charge is 2.22. The average molecular weight is 226 g/mol.